The lowest BCUT2D eigenvalue weighted by Gasteiger charge is -2.16. The van der Waals surface area contributed by atoms with Gasteiger partial charge in [-0.25, -0.2) is 5.53 Å². The Kier molecular flexibility index (Phi) is 6.40. The highest BCUT2D eigenvalue weighted by Gasteiger charge is 2.09. The van der Waals surface area contributed by atoms with Crippen LogP contribution in [0.1, 0.15) is 45.1 Å². The number of aryl methyl sites for hydroxylation is 1. The fraction of sp³-hybridized carbons (Fsp3) is 0.600. The van der Waals surface area contributed by atoms with Crippen LogP contribution >= 0.6 is 0 Å². The van der Waals surface area contributed by atoms with Gasteiger partial charge in [-0.05, 0) is 37.0 Å². The number of hydrogen-bond donors (Lipinski definition) is 1. The third-order valence-electron chi connectivity index (χ3n) is 3.25. The van der Waals surface area contributed by atoms with E-state index in [4.69, 9.17) is 10.3 Å². The molecule has 0 fully saturated rings. The van der Waals surface area contributed by atoms with Gasteiger partial charge in [-0.15, -0.1) is 0 Å². The van der Waals surface area contributed by atoms with E-state index in [0.29, 0.717) is 11.6 Å². The molecule has 1 unspecified atom stereocenters. The van der Waals surface area contributed by atoms with Gasteiger partial charge in [0.15, 0.2) is 0 Å². The topological polar surface area (TPSA) is 45.4 Å². The van der Waals surface area contributed by atoms with Gasteiger partial charge in [0.25, 0.3) is 0 Å². The van der Waals surface area contributed by atoms with Gasteiger partial charge in [0.05, 0.1) is 6.61 Å². The number of unbranched alkanes of at least 4 members (excludes halogenated alkanes) is 1. The van der Waals surface area contributed by atoms with E-state index in [-0.39, 0.29) is 0 Å². The van der Waals surface area contributed by atoms with Crippen LogP contribution in [0, 0.1) is 18.4 Å². The molecule has 1 N–H and O–H groups in total. The highest BCUT2D eigenvalue weighted by atomic mass is 16.5. The van der Waals surface area contributed by atoms with Crippen molar-refractivity contribution in [2.75, 3.05) is 6.61 Å². The van der Waals surface area contributed by atoms with Gasteiger partial charge in [-0.3, -0.25) is 0 Å². The van der Waals surface area contributed by atoms with Crippen LogP contribution < -0.4 is 4.74 Å². The minimum atomic E-state index is 0.601. The first-order chi connectivity index (χ1) is 8.71. The first-order valence-electron chi connectivity index (χ1n) is 6.82. The molecule has 0 bridgehead atoms. The fourth-order valence-corrected chi connectivity index (χ4v) is 1.94. The van der Waals surface area contributed by atoms with Gasteiger partial charge < -0.3 is 4.74 Å². The monoisotopic (exact) mass is 248 g/mol. The molecule has 0 heterocycles. The van der Waals surface area contributed by atoms with Gasteiger partial charge in [-0.2, -0.15) is 5.11 Å². The maximum absolute atomic E-state index is 7.14. The second-order valence-electron chi connectivity index (χ2n) is 4.81. The van der Waals surface area contributed by atoms with E-state index < -0.39 is 0 Å². The van der Waals surface area contributed by atoms with Crippen molar-refractivity contribution in [2.45, 2.75) is 46.5 Å². The Hall–Kier alpha value is -1.38. The zero-order valence-electron chi connectivity index (χ0n) is 11.7. The molecular weight excluding hydrogens is 224 g/mol. The van der Waals surface area contributed by atoms with Crippen molar-refractivity contribution in [1.82, 2.24) is 0 Å². The number of benzene rings is 1. The molecule has 0 aliphatic carbocycles. The van der Waals surface area contributed by atoms with E-state index in [9.17, 15) is 0 Å². The van der Waals surface area contributed by atoms with E-state index in [2.05, 4.69) is 19.0 Å². The van der Waals surface area contributed by atoms with Crippen LogP contribution in [0.3, 0.4) is 0 Å². The molecule has 3 nitrogen and oxygen atoms in total. The zero-order chi connectivity index (χ0) is 13.4. The van der Waals surface area contributed by atoms with Crippen LogP contribution in [0.2, 0.25) is 0 Å². The summed E-state index contributed by atoms with van der Waals surface area (Å²) < 4.78 is 5.85. The summed E-state index contributed by atoms with van der Waals surface area (Å²) in [6, 6.07) is 5.75. The predicted molar refractivity (Wildman–Crippen MR) is 74.8 cm³/mol. The summed E-state index contributed by atoms with van der Waals surface area (Å²) in [4.78, 5) is 0. The Bertz CT molecular complexity index is 377. The van der Waals surface area contributed by atoms with Crippen LogP contribution in [-0.4, -0.2) is 6.61 Å². The maximum Gasteiger partial charge on any atom is 0.147 e. The van der Waals surface area contributed by atoms with Crippen LogP contribution in [0.25, 0.3) is 0 Å². The Morgan fingerprint density at radius 2 is 2.11 bits per heavy atom. The van der Waals surface area contributed by atoms with Crippen molar-refractivity contribution in [3.8, 4) is 5.75 Å². The average Bonchev–Trinajstić information content (AvgIpc) is 2.39. The average molecular weight is 248 g/mol. The second-order valence-corrected chi connectivity index (χ2v) is 4.81. The molecule has 0 saturated heterocycles. The van der Waals surface area contributed by atoms with Crippen molar-refractivity contribution in [3.05, 3.63) is 23.8 Å². The van der Waals surface area contributed by atoms with Crippen molar-refractivity contribution in [2.24, 2.45) is 11.0 Å². The summed E-state index contributed by atoms with van der Waals surface area (Å²) in [5.41, 5.74) is 8.90. The molecule has 100 valence electrons. The molecular formula is C15H24N2O. The van der Waals surface area contributed by atoms with Crippen LogP contribution in [-0.2, 0) is 0 Å². The van der Waals surface area contributed by atoms with Crippen LogP contribution in [0.5, 0.6) is 5.75 Å². The number of nitrogens with zero attached hydrogens (tertiary/aromatic N) is 1. The quantitative estimate of drug-likeness (QED) is 0.627. The van der Waals surface area contributed by atoms with Gasteiger partial charge >= 0.3 is 0 Å². The molecule has 1 aromatic carbocycles. The molecule has 0 aromatic heterocycles. The number of rotatable bonds is 8. The molecule has 1 rings (SSSR count). The standard InChI is InChI=1S/C15H24N2O/c1-4-6-7-13(5-2)11-18-15-10-12(3)8-9-14(15)17-16/h8-10,13,16H,4-7,11H2,1-3H3. The Labute approximate surface area is 110 Å². The molecule has 1 aromatic rings. The number of nitrogens with one attached hydrogen (secondary N) is 1. The Morgan fingerprint density at radius 3 is 2.72 bits per heavy atom. The molecule has 0 saturated carbocycles. The SMILES string of the molecule is CCCCC(CC)COc1cc(C)ccc1N=N. The van der Waals surface area contributed by atoms with Gasteiger partial charge in [-0.1, -0.05) is 39.2 Å². The molecule has 0 radical (unpaired) electrons. The minimum absolute atomic E-state index is 0.601. The third-order valence-corrected chi connectivity index (χ3v) is 3.25. The van der Waals surface area contributed by atoms with Crippen molar-refractivity contribution in [3.63, 3.8) is 0 Å². The number of ether oxygens (including phenoxy) is 1. The summed E-state index contributed by atoms with van der Waals surface area (Å²) in [5.74, 6) is 1.34. The minimum Gasteiger partial charge on any atom is -0.491 e. The Balaban J connectivity index is 2.60. The van der Waals surface area contributed by atoms with Gasteiger partial charge in [0.2, 0.25) is 0 Å². The van der Waals surface area contributed by atoms with Crippen molar-refractivity contribution < 1.29 is 4.74 Å². The first-order valence-corrected chi connectivity index (χ1v) is 6.82. The van der Waals surface area contributed by atoms with E-state index in [1.165, 1.54) is 19.3 Å². The summed E-state index contributed by atoms with van der Waals surface area (Å²) in [7, 11) is 0. The smallest absolute Gasteiger partial charge is 0.147 e. The van der Waals surface area contributed by atoms with E-state index in [1.807, 2.05) is 25.1 Å². The molecule has 0 spiro atoms. The summed E-state index contributed by atoms with van der Waals surface area (Å²) in [5, 5.41) is 3.50. The maximum atomic E-state index is 7.14. The van der Waals surface area contributed by atoms with Gasteiger partial charge in [0, 0.05) is 0 Å². The van der Waals surface area contributed by atoms with Crippen molar-refractivity contribution >= 4 is 5.69 Å². The predicted octanol–water partition coefficient (Wildman–Crippen LogP) is 5.25. The molecule has 18 heavy (non-hydrogen) atoms. The van der Waals surface area contributed by atoms with E-state index in [1.54, 1.807) is 0 Å². The number of hydrogen-bond acceptors (Lipinski definition) is 3. The zero-order valence-corrected chi connectivity index (χ0v) is 11.7. The molecule has 1 atom stereocenters. The summed E-state index contributed by atoms with van der Waals surface area (Å²) >= 11 is 0. The third kappa shape index (κ3) is 4.47. The Morgan fingerprint density at radius 1 is 1.33 bits per heavy atom. The lowest BCUT2D eigenvalue weighted by molar-refractivity contribution is 0.234. The lowest BCUT2D eigenvalue weighted by atomic mass is 10.0. The molecule has 0 aliphatic heterocycles. The summed E-state index contributed by atoms with van der Waals surface area (Å²) in [6.45, 7) is 7.17. The first kappa shape index (κ1) is 14.7. The van der Waals surface area contributed by atoms with Gasteiger partial charge in [0.1, 0.15) is 11.4 Å². The second kappa shape index (κ2) is 7.85. The van der Waals surface area contributed by atoms with E-state index in [0.717, 1.165) is 24.3 Å². The molecule has 3 heteroatoms. The normalized spacial score (nSPS) is 12.2. The molecule has 0 aliphatic rings. The van der Waals surface area contributed by atoms with Crippen molar-refractivity contribution in [1.29, 1.82) is 5.53 Å². The molecule has 0 amide bonds. The largest absolute Gasteiger partial charge is 0.491 e. The summed E-state index contributed by atoms with van der Waals surface area (Å²) in [6.07, 6.45) is 4.84. The highest BCUT2D eigenvalue weighted by molar-refractivity contribution is 5.52. The van der Waals surface area contributed by atoms with E-state index >= 15 is 0 Å². The fourth-order valence-electron chi connectivity index (χ4n) is 1.94. The highest BCUT2D eigenvalue weighted by Crippen LogP contribution is 2.29. The van der Waals surface area contributed by atoms with Crippen LogP contribution in [0.15, 0.2) is 23.3 Å². The lowest BCUT2D eigenvalue weighted by Crippen LogP contribution is -2.11. The van der Waals surface area contributed by atoms with Crippen LogP contribution in [0.4, 0.5) is 5.69 Å².